The van der Waals surface area contributed by atoms with E-state index >= 15 is 0 Å². The molecule has 1 aromatic carbocycles. The third-order valence-corrected chi connectivity index (χ3v) is 4.86. The van der Waals surface area contributed by atoms with Crippen molar-refractivity contribution in [3.8, 4) is 6.07 Å². The van der Waals surface area contributed by atoms with Crippen molar-refractivity contribution in [3.63, 3.8) is 0 Å². The van der Waals surface area contributed by atoms with Crippen LogP contribution in [0.2, 0.25) is 0 Å². The summed E-state index contributed by atoms with van der Waals surface area (Å²) in [5, 5.41) is 18.9. The van der Waals surface area contributed by atoms with E-state index in [-0.39, 0.29) is 30.7 Å². The van der Waals surface area contributed by atoms with E-state index in [1.54, 1.807) is 0 Å². The van der Waals surface area contributed by atoms with Gasteiger partial charge in [0.1, 0.15) is 6.04 Å². The molecule has 0 spiro atoms. The minimum absolute atomic E-state index is 0.183. The Labute approximate surface area is 142 Å². The van der Waals surface area contributed by atoms with Crippen LogP contribution in [-0.2, 0) is 16.0 Å². The van der Waals surface area contributed by atoms with Crippen molar-refractivity contribution in [2.45, 2.75) is 57.5 Å². The van der Waals surface area contributed by atoms with E-state index in [1.807, 2.05) is 30.3 Å². The quantitative estimate of drug-likeness (QED) is 0.834. The molecule has 2 rings (SSSR count). The highest BCUT2D eigenvalue weighted by molar-refractivity contribution is 5.83. The van der Waals surface area contributed by atoms with Gasteiger partial charge in [0.25, 0.3) is 0 Å². The van der Waals surface area contributed by atoms with Crippen LogP contribution in [0.25, 0.3) is 0 Å². The smallest absolute Gasteiger partial charge is 0.326 e. The number of carbonyl (C=O) groups is 2. The van der Waals surface area contributed by atoms with Crippen molar-refractivity contribution in [3.05, 3.63) is 35.9 Å². The summed E-state index contributed by atoms with van der Waals surface area (Å²) in [6.07, 6.45) is 4.50. The lowest BCUT2D eigenvalue weighted by atomic mass is 9.91. The van der Waals surface area contributed by atoms with Gasteiger partial charge in [-0.1, -0.05) is 43.2 Å². The highest BCUT2D eigenvalue weighted by Crippen LogP contribution is 2.33. The number of amides is 1. The summed E-state index contributed by atoms with van der Waals surface area (Å²) in [5.74, 6) is -1.08. The number of aliphatic carboxylic acids is 1. The first-order chi connectivity index (χ1) is 11.5. The highest BCUT2D eigenvalue weighted by Gasteiger charge is 2.38. The molecule has 0 bridgehead atoms. The summed E-state index contributed by atoms with van der Waals surface area (Å²) in [6.45, 7) is 1.40. The average Bonchev–Trinajstić information content (AvgIpc) is 3.08. The van der Waals surface area contributed by atoms with Crippen LogP contribution in [0.3, 0.4) is 0 Å². The minimum atomic E-state index is -1.02. The minimum Gasteiger partial charge on any atom is -0.480 e. The molecule has 0 saturated heterocycles. The molecule has 1 unspecified atom stereocenters. The normalized spacial score (nSPS) is 17.0. The Kier molecular flexibility index (Phi) is 6.36. The predicted molar refractivity (Wildman–Crippen MR) is 90.1 cm³/mol. The number of carboxylic acid groups (broad SMARTS) is 1. The summed E-state index contributed by atoms with van der Waals surface area (Å²) in [4.78, 5) is 25.7. The number of carboxylic acids is 1. The lowest BCUT2D eigenvalue weighted by Gasteiger charge is -2.38. The number of hydrogen-bond acceptors (Lipinski definition) is 3. The summed E-state index contributed by atoms with van der Waals surface area (Å²) in [5.41, 5.74) is 0.873. The highest BCUT2D eigenvalue weighted by atomic mass is 16.4. The first-order valence-electron chi connectivity index (χ1n) is 8.47. The SMILES string of the molecule is CC(=O)N(C(CC#N)C1CCCC1)[C@H](Cc1ccccc1)C(=O)O. The van der Waals surface area contributed by atoms with Gasteiger partial charge in [-0.05, 0) is 24.3 Å². The molecule has 1 N–H and O–H groups in total. The molecule has 24 heavy (non-hydrogen) atoms. The second-order valence-corrected chi connectivity index (χ2v) is 6.44. The van der Waals surface area contributed by atoms with Gasteiger partial charge in [-0.2, -0.15) is 5.26 Å². The van der Waals surface area contributed by atoms with Crippen LogP contribution in [-0.4, -0.2) is 34.0 Å². The summed E-state index contributed by atoms with van der Waals surface area (Å²) >= 11 is 0. The topological polar surface area (TPSA) is 81.4 Å². The summed E-state index contributed by atoms with van der Waals surface area (Å²) in [6, 6.07) is 10.2. The number of nitriles is 1. The largest absolute Gasteiger partial charge is 0.480 e. The molecule has 1 amide bonds. The van der Waals surface area contributed by atoms with Crippen LogP contribution in [0.4, 0.5) is 0 Å². The van der Waals surface area contributed by atoms with Crippen LogP contribution in [0.1, 0.15) is 44.6 Å². The molecule has 1 aromatic rings. The van der Waals surface area contributed by atoms with E-state index in [1.165, 1.54) is 11.8 Å². The molecule has 1 aliphatic carbocycles. The first kappa shape index (κ1) is 18.0. The van der Waals surface area contributed by atoms with Gasteiger partial charge >= 0.3 is 5.97 Å². The van der Waals surface area contributed by atoms with E-state index in [4.69, 9.17) is 0 Å². The maximum Gasteiger partial charge on any atom is 0.326 e. The third kappa shape index (κ3) is 4.35. The van der Waals surface area contributed by atoms with Gasteiger partial charge in [0.05, 0.1) is 12.5 Å². The monoisotopic (exact) mass is 328 g/mol. The van der Waals surface area contributed by atoms with E-state index in [2.05, 4.69) is 6.07 Å². The van der Waals surface area contributed by atoms with Crippen LogP contribution in [0.5, 0.6) is 0 Å². The van der Waals surface area contributed by atoms with E-state index in [0.717, 1.165) is 31.2 Å². The van der Waals surface area contributed by atoms with Crippen molar-refractivity contribution >= 4 is 11.9 Å². The van der Waals surface area contributed by atoms with Gasteiger partial charge < -0.3 is 10.0 Å². The fourth-order valence-electron chi connectivity index (χ4n) is 3.75. The Morgan fingerprint density at radius 1 is 1.29 bits per heavy atom. The van der Waals surface area contributed by atoms with Gasteiger partial charge in [-0.25, -0.2) is 4.79 Å². The average molecular weight is 328 g/mol. The number of benzene rings is 1. The molecular formula is C19H24N2O3. The molecule has 0 heterocycles. The van der Waals surface area contributed by atoms with Crippen molar-refractivity contribution in [1.82, 2.24) is 4.90 Å². The maximum absolute atomic E-state index is 12.3. The van der Waals surface area contributed by atoms with E-state index in [9.17, 15) is 20.0 Å². The Balaban J connectivity index is 2.31. The third-order valence-electron chi connectivity index (χ3n) is 4.86. The Bertz CT molecular complexity index is 603. The molecule has 1 aliphatic rings. The second-order valence-electron chi connectivity index (χ2n) is 6.44. The van der Waals surface area contributed by atoms with Crippen molar-refractivity contribution < 1.29 is 14.7 Å². The predicted octanol–water partition coefficient (Wildman–Crippen LogP) is 3.00. The zero-order valence-electron chi connectivity index (χ0n) is 14.0. The first-order valence-corrected chi connectivity index (χ1v) is 8.47. The molecule has 0 radical (unpaired) electrons. The van der Waals surface area contributed by atoms with Gasteiger partial charge in [0.2, 0.25) is 5.91 Å². The van der Waals surface area contributed by atoms with Crippen molar-refractivity contribution in [2.24, 2.45) is 5.92 Å². The van der Waals surface area contributed by atoms with E-state index in [0.29, 0.717) is 0 Å². The lowest BCUT2D eigenvalue weighted by Crippen LogP contribution is -2.53. The fourth-order valence-corrected chi connectivity index (χ4v) is 3.75. The molecule has 0 aromatic heterocycles. The van der Waals surface area contributed by atoms with E-state index < -0.39 is 12.0 Å². The lowest BCUT2D eigenvalue weighted by molar-refractivity contribution is -0.152. The van der Waals surface area contributed by atoms with Crippen molar-refractivity contribution in [1.29, 1.82) is 5.26 Å². The second kappa shape index (κ2) is 8.49. The number of hydrogen-bond donors (Lipinski definition) is 1. The van der Waals surface area contributed by atoms with Crippen LogP contribution in [0.15, 0.2) is 30.3 Å². The van der Waals surface area contributed by atoms with Gasteiger partial charge in [-0.3, -0.25) is 4.79 Å². The molecule has 5 nitrogen and oxygen atoms in total. The molecule has 1 saturated carbocycles. The number of rotatable bonds is 7. The standard InChI is InChI=1S/C19H24N2O3/c1-14(22)21(17(11-12-20)16-9-5-6-10-16)18(19(23)24)13-15-7-3-2-4-8-15/h2-4,7-8,16-18H,5-6,9-11,13H2,1H3,(H,23,24)/t17?,18-/m1/s1. The Morgan fingerprint density at radius 3 is 2.42 bits per heavy atom. The maximum atomic E-state index is 12.3. The Hall–Kier alpha value is -2.35. The van der Waals surface area contributed by atoms with Gasteiger partial charge in [0.15, 0.2) is 0 Å². The summed E-state index contributed by atoms with van der Waals surface area (Å²) < 4.78 is 0. The van der Waals surface area contributed by atoms with Crippen LogP contribution in [0, 0.1) is 17.2 Å². The molecule has 128 valence electrons. The Morgan fingerprint density at radius 2 is 1.92 bits per heavy atom. The van der Waals surface area contributed by atoms with Crippen LogP contribution < -0.4 is 0 Å². The molecule has 0 aliphatic heterocycles. The van der Waals surface area contributed by atoms with Crippen molar-refractivity contribution in [2.75, 3.05) is 0 Å². The summed E-state index contributed by atoms with van der Waals surface area (Å²) in [7, 11) is 0. The zero-order valence-corrected chi connectivity index (χ0v) is 14.0. The molecule has 1 fully saturated rings. The fraction of sp³-hybridized carbons (Fsp3) is 0.526. The van der Waals surface area contributed by atoms with Gasteiger partial charge in [-0.15, -0.1) is 0 Å². The zero-order chi connectivity index (χ0) is 17.5. The van der Waals surface area contributed by atoms with Crippen LogP contribution >= 0.6 is 0 Å². The molecular weight excluding hydrogens is 304 g/mol. The molecule has 2 atom stereocenters. The molecule has 5 heteroatoms. The number of nitrogens with zero attached hydrogens (tertiary/aromatic N) is 2. The van der Waals surface area contributed by atoms with Gasteiger partial charge in [0, 0.05) is 19.4 Å². The number of carbonyl (C=O) groups excluding carboxylic acids is 1.